The molecule has 2 amide bonds. The van der Waals surface area contributed by atoms with Crippen molar-refractivity contribution in [2.75, 3.05) is 13.1 Å². The van der Waals surface area contributed by atoms with Gasteiger partial charge in [0.05, 0.1) is 11.7 Å². The Morgan fingerprint density at radius 3 is 2.51 bits per heavy atom. The zero-order valence-corrected chi connectivity index (χ0v) is 23.4. The number of carbonyl (C=O) groups is 1. The molecule has 3 N–H and O–H groups in total. The summed E-state index contributed by atoms with van der Waals surface area (Å²) >= 11 is 0. The van der Waals surface area contributed by atoms with Gasteiger partial charge in [0.1, 0.15) is 0 Å². The molecule has 0 radical (unpaired) electrons. The van der Waals surface area contributed by atoms with Gasteiger partial charge in [-0.3, -0.25) is 4.68 Å². The third-order valence-corrected chi connectivity index (χ3v) is 8.65. The molecule has 208 valence electrons. The van der Waals surface area contributed by atoms with E-state index in [2.05, 4.69) is 88.2 Å². The molecule has 1 saturated heterocycles. The number of amides is 2. The van der Waals surface area contributed by atoms with Crippen LogP contribution in [0, 0.1) is 5.92 Å². The molecule has 1 aliphatic carbocycles. The van der Waals surface area contributed by atoms with Crippen molar-refractivity contribution in [2.24, 2.45) is 5.92 Å². The van der Waals surface area contributed by atoms with Gasteiger partial charge in [-0.25, -0.2) is 4.79 Å². The van der Waals surface area contributed by atoms with Gasteiger partial charge in [-0.05, 0) is 75.2 Å². The molecule has 3 aromatic rings. The average molecular weight is 528 g/mol. The molecule has 2 fully saturated rings. The number of aromatic nitrogens is 2. The van der Waals surface area contributed by atoms with E-state index in [1.165, 1.54) is 36.1 Å². The van der Waals surface area contributed by atoms with Crippen LogP contribution >= 0.6 is 0 Å². The summed E-state index contributed by atoms with van der Waals surface area (Å²) in [5, 5.41) is 15.2. The predicted octanol–water partition coefficient (Wildman–Crippen LogP) is 6.34. The highest BCUT2D eigenvalue weighted by Gasteiger charge is 2.30. The van der Waals surface area contributed by atoms with Crippen LogP contribution in [0.1, 0.15) is 92.8 Å². The van der Waals surface area contributed by atoms with Crippen molar-refractivity contribution in [3.8, 4) is 0 Å². The highest BCUT2D eigenvalue weighted by Crippen LogP contribution is 2.36. The van der Waals surface area contributed by atoms with Gasteiger partial charge in [0, 0.05) is 30.6 Å². The number of carbonyl (C=O) groups excluding carboxylic acids is 1. The van der Waals surface area contributed by atoms with Crippen LogP contribution in [0.3, 0.4) is 0 Å². The summed E-state index contributed by atoms with van der Waals surface area (Å²) in [5.74, 6) is 0.968. The number of hydrogen-bond donors (Lipinski definition) is 3. The van der Waals surface area contributed by atoms with Crippen LogP contribution in [0.5, 0.6) is 0 Å². The van der Waals surface area contributed by atoms with Crippen molar-refractivity contribution >= 4 is 6.03 Å². The van der Waals surface area contributed by atoms with E-state index < -0.39 is 0 Å². The fourth-order valence-electron chi connectivity index (χ4n) is 6.57. The molecule has 2 aliphatic rings. The SMILES string of the molecule is CCn1nc(Cc2ccccc2)cc1C1CCNCC1CCC(NC(=O)NC1CCCCC1)c1ccccc1. The first kappa shape index (κ1) is 27.4. The lowest BCUT2D eigenvalue weighted by Gasteiger charge is -2.34. The number of hydrogen-bond acceptors (Lipinski definition) is 3. The lowest BCUT2D eigenvalue weighted by molar-refractivity contribution is 0.225. The van der Waals surface area contributed by atoms with Crippen LogP contribution in [-0.4, -0.2) is 34.9 Å². The van der Waals surface area contributed by atoms with Crippen LogP contribution in [0.2, 0.25) is 0 Å². The molecule has 5 rings (SSSR count). The van der Waals surface area contributed by atoms with Crippen molar-refractivity contribution in [3.63, 3.8) is 0 Å². The highest BCUT2D eigenvalue weighted by molar-refractivity contribution is 5.74. The summed E-state index contributed by atoms with van der Waals surface area (Å²) in [5.41, 5.74) is 5.00. The third-order valence-electron chi connectivity index (χ3n) is 8.65. The number of piperidine rings is 1. The number of nitrogens with one attached hydrogen (secondary N) is 3. The molecule has 6 heteroatoms. The zero-order chi connectivity index (χ0) is 26.9. The molecule has 3 atom stereocenters. The van der Waals surface area contributed by atoms with Gasteiger partial charge in [0.2, 0.25) is 0 Å². The average Bonchev–Trinajstić information content (AvgIpc) is 3.39. The van der Waals surface area contributed by atoms with E-state index in [4.69, 9.17) is 5.10 Å². The fourth-order valence-corrected chi connectivity index (χ4v) is 6.57. The lowest BCUT2D eigenvalue weighted by Crippen LogP contribution is -2.44. The van der Waals surface area contributed by atoms with E-state index in [-0.39, 0.29) is 12.1 Å². The summed E-state index contributed by atoms with van der Waals surface area (Å²) in [6, 6.07) is 23.7. The number of benzene rings is 2. The van der Waals surface area contributed by atoms with Gasteiger partial charge >= 0.3 is 6.03 Å². The number of nitrogens with zero attached hydrogens (tertiary/aromatic N) is 2. The first-order valence-electron chi connectivity index (χ1n) is 15.1. The molecule has 0 bridgehead atoms. The normalized spacial score (nSPS) is 20.8. The second kappa shape index (κ2) is 13.8. The van der Waals surface area contributed by atoms with E-state index in [1.807, 2.05) is 6.07 Å². The van der Waals surface area contributed by atoms with Gasteiger partial charge in [-0.1, -0.05) is 79.9 Å². The molecule has 3 unspecified atom stereocenters. The van der Waals surface area contributed by atoms with E-state index >= 15 is 0 Å². The Kier molecular flexibility index (Phi) is 9.71. The Balaban J connectivity index is 1.27. The Morgan fingerprint density at radius 2 is 1.77 bits per heavy atom. The minimum atomic E-state index is -0.0244. The van der Waals surface area contributed by atoms with Crippen LogP contribution in [-0.2, 0) is 13.0 Å². The van der Waals surface area contributed by atoms with Crippen molar-refractivity contribution in [3.05, 3.63) is 89.2 Å². The summed E-state index contributed by atoms with van der Waals surface area (Å²) < 4.78 is 2.23. The molecule has 1 aliphatic heterocycles. The first-order chi connectivity index (χ1) is 19.2. The number of rotatable bonds is 10. The van der Waals surface area contributed by atoms with Crippen molar-refractivity contribution < 1.29 is 4.79 Å². The summed E-state index contributed by atoms with van der Waals surface area (Å²) in [6.07, 6.45) is 9.85. The molecular weight excluding hydrogens is 482 g/mol. The number of urea groups is 1. The van der Waals surface area contributed by atoms with Gasteiger partial charge < -0.3 is 16.0 Å². The van der Waals surface area contributed by atoms with E-state index in [0.29, 0.717) is 17.9 Å². The van der Waals surface area contributed by atoms with Crippen LogP contribution in [0.4, 0.5) is 4.79 Å². The van der Waals surface area contributed by atoms with Gasteiger partial charge in [-0.2, -0.15) is 5.10 Å². The quantitative estimate of drug-likeness (QED) is 0.288. The smallest absolute Gasteiger partial charge is 0.315 e. The maximum atomic E-state index is 13.0. The maximum absolute atomic E-state index is 13.0. The van der Waals surface area contributed by atoms with E-state index in [0.717, 1.165) is 63.9 Å². The minimum absolute atomic E-state index is 0.00194. The summed E-state index contributed by atoms with van der Waals surface area (Å²) in [4.78, 5) is 13.0. The predicted molar refractivity (Wildman–Crippen MR) is 158 cm³/mol. The third kappa shape index (κ3) is 7.51. The van der Waals surface area contributed by atoms with E-state index in [9.17, 15) is 4.79 Å². The van der Waals surface area contributed by atoms with Crippen molar-refractivity contribution in [1.82, 2.24) is 25.7 Å². The molecule has 2 heterocycles. The Labute approximate surface area is 234 Å². The molecule has 39 heavy (non-hydrogen) atoms. The molecule has 0 spiro atoms. The second-order valence-corrected chi connectivity index (χ2v) is 11.4. The second-order valence-electron chi connectivity index (χ2n) is 11.4. The lowest BCUT2D eigenvalue weighted by atomic mass is 9.80. The molecule has 2 aromatic carbocycles. The molecule has 1 aromatic heterocycles. The topological polar surface area (TPSA) is 71.0 Å². The Bertz CT molecular complexity index is 1160. The maximum Gasteiger partial charge on any atom is 0.315 e. The minimum Gasteiger partial charge on any atom is -0.335 e. The van der Waals surface area contributed by atoms with Crippen LogP contribution in [0.15, 0.2) is 66.7 Å². The van der Waals surface area contributed by atoms with Gasteiger partial charge in [0.15, 0.2) is 0 Å². The number of aryl methyl sites for hydroxylation is 1. The standard InChI is InChI=1S/C33H45N5O/c1-2-38-32(23-29(37-38)22-25-12-6-3-7-13-25)30-20-21-34-24-27(30)18-19-31(26-14-8-4-9-15-26)36-33(39)35-28-16-10-5-11-17-28/h3-4,6-9,12-15,23,27-28,30-31,34H,2,5,10-11,16-22,24H2,1H3,(H2,35,36,39). The molecule has 1 saturated carbocycles. The van der Waals surface area contributed by atoms with E-state index in [1.54, 1.807) is 0 Å². The monoisotopic (exact) mass is 527 g/mol. The highest BCUT2D eigenvalue weighted by atomic mass is 16.2. The van der Waals surface area contributed by atoms with Gasteiger partial charge in [-0.15, -0.1) is 0 Å². The molecule has 6 nitrogen and oxygen atoms in total. The largest absolute Gasteiger partial charge is 0.335 e. The molecular formula is C33H45N5O. The van der Waals surface area contributed by atoms with Gasteiger partial charge in [0.25, 0.3) is 0 Å². The van der Waals surface area contributed by atoms with Crippen molar-refractivity contribution in [1.29, 1.82) is 0 Å². The fraction of sp³-hybridized carbons (Fsp3) is 0.515. The Hall–Kier alpha value is -3.12. The zero-order valence-electron chi connectivity index (χ0n) is 23.4. The Morgan fingerprint density at radius 1 is 1.03 bits per heavy atom. The van der Waals surface area contributed by atoms with Crippen molar-refractivity contribution in [2.45, 2.75) is 89.3 Å². The first-order valence-corrected chi connectivity index (χ1v) is 15.1. The summed E-state index contributed by atoms with van der Waals surface area (Å²) in [7, 11) is 0. The summed E-state index contributed by atoms with van der Waals surface area (Å²) in [6.45, 7) is 5.12. The van der Waals surface area contributed by atoms with Crippen LogP contribution in [0.25, 0.3) is 0 Å². The van der Waals surface area contributed by atoms with Crippen LogP contribution < -0.4 is 16.0 Å².